The van der Waals surface area contributed by atoms with Crippen molar-refractivity contribution < 1.29 is 4.42 Å². The Morgan fingerprint density at radius 2 is 1.41 bits per heavy atom. The van der Waals surface area contributed by atoms with E-state index in [-0.39, 0.29) is 0 Å². The predicted octanol–water partition coefficient (Wildman–Crippen LogP) is 9.86. The van der Waals surface area contributed by atoms with E-state index in [0.29, 0.717) is 5.56 Å². The number of rotatable bonds is 2. The molecule has 0 aliphatic carbocycles. The van der Waals surface area contributed by atoms with Gasteiger partial charge in [0.05, 0.1) is 28.2 Å². The molecule has 4 heteroatoms. The highest BCUT2D eigenvalue weighted by Gasteiger charge is 2.20. The van der Waals surface area contributed by atoms with E-state index in [0.717, 1.165) is 60.8 Å². The fourth-order valence-electron chi connectivity index (χ4n) is 6.55. The van der Waals surface area contributed by atoms with Gasteiger partial charge in [0, 0.05) is 49.1 Å². The van der Waals surface area contributed by atoms with Crippen molar-refractivity contribution in [3.63, 3.8) is 0 Å². The van der Waals surface area contributed by atoms with Crippen molar-refractivity contribution in [2.45, 2.75) is 0 Å². The molecular weight excluding hydrogens is 502 g/mol. The minimum atomic E-state index is 0.619. The molecule has 9 rings (SSSR count). The van der Waals surface area contributed by atoms with Crippen LogP contribution in [0.5, 0.6) is 0 Å². The Kier molecular flexibility index (Phi) is 4.37. The lowest BCUT2D eigenvalue weighted by atomic mass is 9.99. The van der Waals surface area contributed by atoms with Gasteiger partial charge >= 0.3 is 0 Å². The number of hydrogen-bond donors (Lipinski definition) is 1. The SMILES string of the molecule is N#Cc1cccc(-c2cc(-n3c4ccccc4c4ccc5c6ccccc6[nH]c5c43)cc3c2oc2ccccc23)c1. The molecule has 0 saturated heterocycles. The monoisotopic (exact) mass is 523 g/mol. The predicted molar refractivity (Wildman–Crippen MR) is 168 cm³/mol. The summed E-state index contributed by atoms with van der Waals surface area (Å²) in [6, 6.07) is 44.2. The highest BCUT2D eigenvalue weighted by atomic mass is 16.3. The summed E-state index contributed by atoms with van der Waals surface area (Å²) in [5.41, 5.74) is 9.75. The number of aromatic amines is 1. The molecule has 6 aromatic carbocycles. The Morgan fingerprint density at radius 1 is 0.634 bits per heavy atom. The second kappa shape index (κ2) is 8.11. The van der Waals surface area contributed by atoms with Crippen LogP contribution in [0.3, 0.4) is 0 Å². The first-order valence-corrected chi connectivity index (χ1v) is 13.7. The van der Waals surface area contributed by atoms with Crippen LogP contribution in [-0.2, 0) is 0 Å². The number of para-hydroxylation sites is 3. The van der Waals surface area contributed by atoms with E-state index in [4.69, 9.17) is 4.42 Å². The third-order valence-electron chi connectivity index (χ3n) is 8.34. The van der Waals surface area contributed by atoms with Gasteiger partial charge in [0.15, 0.2) is 0 Å². The molecule has 41 heavy (non-hydrogen) atoms. The number of H-pyrrole nitrogens is 1. The van der Waals surface area contributed by atoms with Gasteiger partial charge in [-0.1, -0.05) is 78.9 Å². The Bertz CT molecular complexity index is 2550. The average molecular weight is 524 g/mol. The number of benzene rings is 6. The summed E-state index contributed by atoms with van der Waals surface area (Å²) in [5, 5.41) is 16.6. The zero-order valence-corrected chi connectivity index (χ0v) is 21.8. The van der Waals surface area contributed by atoms with Crippen molar-refractivity contribution in [3.8, 4) is 22.9 Å². The van der Waals surface area contributed by atoms with E-state index in [2.05, 4.69) is 101 Å². The molecule has 0 aliphatic rings. The topological polar surface area (TPSA) is 57.6 Å². The summed E-state index contributed by atoms with van der Waals surface area (Å²) in [4.78, 5) is 3.74. The summed E-state index contributed by atoms with van der Waals surface area (Å²) < 4.78 is 8.85. The van der Waals surface area contributed by atoms with E-state index in [9.17, 15) is 5.26 Å². The minimum absolute atomic E-state index is 0.619. The Balaban J connectivity index is 1.48. The molecule has 4 nitrogen and oxygen atoms in total. The summed E-state index contributed by atoms with van der Waals surface area (Å²) in [6.07, 6.45) is 0. The molecule has 0 spiro atoms. The molecule has 190 valence electrons. The first kappa shape index (κ1) is 22.1. The number of hydrogen-bond acceptors (Lipinski definition) is 2. The van der Waals surface area contributed by atoms with Crippen LogP contribution < -0.4 is 0 Å². The zero-order chi connectivity index (χ0) is 27.1. The van der Waals surface area contributed by atoms with E-state index < -0.39 is 0 Å². The summed E-state index contributed by atoms with van der Waals surface area (Å²) >= 11 is 0. The molecule has 0 atom stereocenters. The summed E-state index contributed by atoms with van der Waals surface area (Å²) in [6.45, 7) is 0. The van der Waals surface area contributed by atoms with Crippen molar-refractivity contribution in [1.82, 2.24) is 9.55 Å². The smallest absolute Gasteiger partial charge is 0.143 e. The Morgan fingerprint density at radius 3 is 2.32 bits per heavy atom. The van der Waals surface area contributed by atoms with Gasteiger partial charge < -0.3 is 14.0 Å². The summed E-state index contributed by atoms with van der Waals surface area (Å²) in [7, 11) is 0. The van der Waals surface area contributed by atoms with Crippen LogP contribution in [-0.4, -0.2) is 9.55 Å². The zero-order valence-electron chi connectivity index (χ0n) is 21.8. The van der Waals surface area contributed by atoms with Crippen molar-refractivity contribution in [2.24, 2.45) is 0 Å². The van der Waals surface area contributed by atoms with Crippen LogP contribution in [0, 0.1) is 11.3 Å². The third-order valence-corrected chi connectivity index (χ3v) is 8.34. The molecule has 9 aromatic rings. The maximum Gasteiger partial charge on any atom is 0.143 e. The van der Waals surface area contributed by atoms with Gasteiger partial charge in [0.1, 0.15) is 11.2 Å². The van der Waals surface area contributed by atoms with E-state index >= 15 is 0 Å². The molecule has 3 aromatic heterocycles. The van der Waals surface area contributed by atoms with Gasteiger partial charge in [0.25, 0.3) is 0 Å². The molecule has 0 radical (unpaired) electrons. The molecule has 0 unspecified atom stereocenters. The molecule has 0 bridgehead atoms. The maximum absolute atomic E-state index is 9.66. The first-order chi connectivity index (χ1) is 20.3. The molecule has 0 amide bonds. The lowest BCUT2D eigenvalue weighted by Gasteiger charge is -2.12. The van der Waals surface area contributed by atoms with Crippen molar-refractivity contribution >= 4 is 65.6 Å². The van der Waals surface area contributed by atoms with Crippen LogP contribution in [0.15, 0.2) is 126 Å². The highest BCUT2D eigenvalue weighted by molar-refractivity contribution is 6.23. The number of nitriles is 1. The third kappa shape index (κ3) is 3.03. The number of fused-ring (bicyclic) bond motifs is 10. The second-order valence-corrected chi connectivity index (χ2v) is 10.6. The van der Waals surface area contributed by atoms with Crippen LogP contribution in [0.2, 0.25) is 0 Å². The summed E-state index contributed by atoms with van der Waals surface area (Å²) in [5.74, 6) is 0. The fourth-order valence-corrected chi connectivity index (χ4v) is 6.55. The first-order valence-electron chi connectivity index (χ1n) is 13.7. The lowest BCUT2D eigenvalue weighted by molar-refractivity contribution is 0.670. The van der Waals surface area contributed by atoms with Crippen LogP contribution in [0.25, 0.3) is 82.4 Å². The van der Waals surface area contributed by atoms with E-state index in [1.807, 2.05) is 36.4 Å². The number of aromatic nitrogens is 2. The fraction of sp³-hybridized carbons (Fsp3) is 0. The highest BCUT2D eigenvalue weighted by Crippen LogP contribution is 2.42. The molecule has 0 fully saturated rings. The lowest BCUT2D eigenvalue weighted by Crippen LogP contribution is -1.96. The molecule has 0 aliphatic heterocycles. The molecular formula is C37H21N3O. The van der Waals surface area contributed by atoms with Gasteiger partial charge in [-0.05, 0) is 48.0 Å². The molecule has 0 saturated carbocycles. The standard InChI is InChI=1S/C37H21N3O/c38-21-22-8-7-9-23(18-22)30-19-24(20-31-27-12-3-6-15-34(27)41-37(30)31)40-33-14-5-2-11-26(33)29-17-16-28-25-10-1-4-13-32(25)39-35(28)36(29)40/h1-20,39H. The van der Waals surface area contributed by atoms with E-state index in [1.54, 1.807) is 0 Å². The number of nitrogens with one attached hydrogen (secondary N) is 1. The van der Waals surface area contributed by atoms with Gasteiger partial charge in [-0.2, -0.15) is 5.26 Å². The van der Waals surface area contributed by atoms with Gasteiger partial charge in [-0.25, -0.2) is 0 Å². The quantitative estimate of drug-likeness (QED) is 0.245. The Hall–Kier alpha value is -5.79. The minimum Gasteiger partial charge on any atom is -0.455 e. The number of nitrogens with zero attached hydrogens (tertiary/aromatic N) is 2. The van der Waals surface area contributed by atoms with Crippen LogP contribution in [0.1, 0.15) is 5.56 Å². The van der Waals surface area contributed by atoms with Gasteiger partial charge in [-0.15, -0.1) is 0 Å². The van der Waals surface area contributed by atoms with E-state index in [1.165, 1.54) is 21.5 Å². The number of furan rings is 1. The molecule has 1 N–H and O–H groups in total. The Labute approximate surface area is 234 Å². The van der Waals surface area contributed by atoms with Crippen LogP contribution >= 0.6 is 0 Å². The average Bonchev–Trinajstić information content (AvgIpc) is 3.70. The van der Waals surface area contributed by atoms with Gasteiger partial charge in [0.2, 0.25) is 0 Å². The van der Waals surface area contributed by atoms with Crippen molar-refractivity contribution in [2.75, 3.05) is 0 Å². The maximum atomic E-state index is 9.66. The largest absolute Gasteiger partial charge is 0.455 e. The van der Waals surface area contributed by atoms with Crippen LogP contribution in [0.4, 0.5) is 0 Å². The van der Waals surface area contributed by atoms with Crippen molar-refractivity contribution in [3.05, 3.63) is 127 Å². The second-order valence-electron chi connectivity index (χ2n) is 10.6. The molecule has 3 heterocycles. The normalized spacial score (nSPS) is 11.9. The van der Waals surface area contributed by atoms with Crippen molar-refractivity contribution in [1.29, 1.82) is 5.26 Å². The van der Waals surface area contributed by atoms with Gasteiger partial charge in [-0.3, -0.25) is 0 Å².